The van der Waals surface area contributed by atoms with Crippen LogP contribution in [-0.2, 0) is 10.0 Å². The van der Waals surface area contributed by atoms with Crippen LogP contribution in [0.2, 0.25) is 10.0 Å². The summed E-state index contributed by atoms with van der Waals surface area (Å²) in [4.78, 5) is 25.0. The molecule has 0 saturated heterocycles. The minimum Gasteiger partial charge on any atom is -0.507 e. The first kappa shape index (κ1) is 25.2. The van der Waals surface area contributed by atoms with Crippen LogP contribution in [0, 0.1) is 5.92 Å². The summed E-state index contributed by atoms with van der Waals surface area (Å²) in [7, 11) is -4.00. The molecule has 0 spiro atoms. The summed E-state index contributed by atoms with van der Waals surface area (Å²) in [5, 5.41) is 13.9. The highest BCUT2D eigenvalue weighted by Gasteiger charge is 2.23. The number of aromatic hydroxyl groups is 1. The molecule has 4 rings (SSSR count). The summed E-state index contributed by atoms with van der Waals surface area (Å²) in [6, 6.07) is 6.43. The Labute approximate surface area is 210 Å². The summed E-state index contributed by atoms with van der Waals surface area (Å²) in [6.45, 7) is 0.296. The number of hydrogen-bond acceptors (Lipinski definition) is 7. The van der Waals surface area contributed by atoms with Gasteiger partial charge in [0, 0.05) is 12.6 Å². The van der Waals surface area contributed by atoms with E-state index in [-0.39, 0.29) is 38.0 Å². The van der Waals surface area contributed by atoms with Crippen molar-refractivity contribution in [3.8, 4) is 22.9 Å². The number of sulfonamides is 1. The molecular weight excluding hydrogens is 519 g/mol. The number of nitrogens with zero attached hydrogens (tertiary/aromatic N) is 2. The van der Waals surface area contributed by atoms with Crippen molar-refractivity contribution in [1.29, 1.82) is 0 Å². The summed E-state index contributed by atoms with van der Waals surface area (Å²) in [6.07, 6.45) is 6.17. The van der Waals surface area contributed by atoms with Crippen molar-refractivity contribution in [2.75, 3.05) is 6.54 Å². The molecule has 0 radical (unpaired) electrons. The van der Waals surface area contributed by atoms with E-state index < -0.39 is 27.0 Å². The maximum atomic E-state index is 12.8. The molecule has 1 aliphatic carbocycles. The fraction of sp³-hybridized carbons (Fsp3) is 0.318. The van der Waals surface area contributed by atoms with Gasteiger partial charge in [0.1, 0.15) is 22.6 Å². The molecule has 1 aromatic heterocycles. The van der Waals surface area contributed by atoms with E-state index in [2.05, 4.69) is 14.8 Å². The van der Waals surface area contributed by atoms with Crippen molar-refractivity contribution in [2.45, 2.75) is 37.0 Å². The number of phenolic OH excluding ortho intramolecular Hbond substituents is 1. The van der Waals surface area contributed by atoms with Gasteiger partial charge in [0.25, 0.3) is 5.56 Å². The second-order valence-corrected chi connectivity index (χ2v) is 10.7. The van der Waals surface area contributed by atoms with E-state index in [1.54, 1.807) is 0 Å². The highest BCUT2D eigenvalue weighted by molar-refractivity contribution is 7.89. The Morgan fingerprint density at radius 3 is 2.46 bits per heavy atom. The lowest BCUT2D eigenvalue weighted by Gasteiger charge is -2.21. The van der Waals surface area contributed by atoms with Gasteiger partial charge in [-0.25, -0.2) is 17.9 Å². The summed E-state index contributed by atoms with van der Waals surface area (Å²) in [5.74, 6) is -0.0966. The first-order chi connectivity index (χ1) is 16.6. The molecule has 0 atom stereocenters. The molecule has 2 aromatic carbocycles. The maximum absolute atomic E-state index is 12.8. The second kappa shape index (κ2) is 10.4. The number of phenols is 1. The van der Waals surface area contributed by atoms with Gasteiger partial charge < -0.3 is 9.84 Å². The van der Waals surface area contributed by atoms with E-state index in [4.69, 9.17) is 27.9 Å². The molecule has 13 heteroatoms. The van der Waals surface area contributed by atoms with Crippen molar-refractivity contribution in [3.05, 3.63) is 67.4 Å². The first-order valence-electron chi connectivity index (χ1n) is 10.8. The normalized spacial score (nSPS) is 14.7. The quantitative estimate of drug-likeness (QED) is 0.415. The number of nitrogens with one attached hydrogen (secondary N) is 2. The van der Waals surface area contributed by atoms with Gasteiger partial charge in [0.2, 0.25) is 10.0 Å². The second-order valence-electron chi connectivity index (χ2n) is 8.18. The SMILES string of the molecule is O=c1cnn(-c2cc(Cl)c(Oc3ccc(O)c(S(=O)(=O)NCC4CCCCC4)c3)c(Cl)c2)c(=O)[nH]1. The van der Waals surface area contributed by atoms with E-state index in [0.717, 1.165) is 43.0 Å². The molecule has 1 heterocycles. The molecule has 1 fully saturated rings. The van der Waals surface area contributed by atoms with Crippen molar-refractivity contribution in [2.24, 2.45) is 5.92 Å². The molecule has 0 bridgehead atoms. The lowest BCUT2D eigenvalue weighted by atomic mass is 9.90. The topological polar surface area (TPSA) is 143 Å². The molecule has 35 heavy (non-hydrogen) atoms. The number of H-pyrrole nitrogens is 1. The Kier molecular flexibility index (Phi) is 7.50. The number of ether oxygens (including phenoxy) is 1. The standard InChI is InChI=1S/C22H22Cl2N4O6S/c23-16-8-14(28-22(31)27-20(30)12-25-28)9-17(24)21(16)34-15-6-7-18(29)19(10-15)35(32,33)26-11-13-4-2-1-3-5-13/h6-10,12-13,26,29H,1-5,11H2,(H,27,30,31). The van der Waals surface area contributed by atoms with E-state index >= 15 is 0 Å². The molecule has 3 N–H and O–H groups in total. The third-order valence-electron chi connectivity index (χ3n) is 5.67. The van der Waals surface area contributed by atoms with E-state index in [1.165, 1.54) is 30.3 Å². The number of aromatic nitrogens is 3. The van der Waals surface area contributed by atoms with Crippen LogP contribution >= 0.6 is 23.2 Å². The Bertz CT molecular complexity index is 1440. The number of rotatable bonds is 7. The average Bonchev–Trinajstić information content (AvgIpc) is 2.81. The van der Waals surface area contributed by atoms with Crippen LogP contribution in [0.25, 0.3) is 5.69 Å². The van der Waals surface area contributed by atoms with Crippen molar-refractivity contribution in [3.63, 3.8) is 0 Å². The van der Waals surface area contributed by atoms with Gasteiger partial charge >= 0.3 is 5.69 Å². The lowest BCUT2D eigenvalue weighted by Crippen LogP contribution is -2.30. The van der Waals surface area contributed by atoms with Gasteiger partial charge in [-0.15, -0.1) is 0 Å². The zero-order valence-corrected chi connectivity index (χ0v) is 20.7. The molecule has 0 unspecified atom stereocenters. The smallest absolute Gasteiger partial charge is 0.349 e. The van der Waals surface area contributed by atoms with Gasteiger partial charge in [-0.1, -0.05) is 42.5 Å². The van der Waals surface area contributed by atoms with Gasteiger partial charge in [0.15, 0.2) is 5.75 Å². The molecule has 0 aliphatic heterocycles. The zero-order chi connectivity index (χ0) is 25.2. The van der Waals surface area contributed by atoms with Crippen LogP contribution in [0.4, 0.5) is 0 Å². The third kappa shape index (κ3) is 5.87. The summed E-state index contributed by atoms with van der Waals surface area (Å²) in [5.41, 5.74) is -1.27. The Morgan fingerprint density at radius 2 is 1.80 bits per heavy atom. The largest absolute Gasteiger partial charge is 0.507 e. The molecule has 3 aromatic rings. The van der Waals surface area contributed by atoms with Crippen LogP contribution in [0.3, 0.4) is 0 Å². The number of hydrogen-bond donors (Lipinski definition) is 3. The third-order valence-corrected chi connectivity index (χ3v) is 7.68. The van der Waals surface area contributed by atoms with Crippen molar-refractivity contribution < 1.29 is 18.3 Å². The maximum Gasteiger partial charge on any atom is 0.349 e. The van der Waals surface area contributed by atoms with Gasteiger partial charge in [-0.2, -0.15) is 9.78 Å². The molecule has 10 nitrogen and oxygen atoms in total. The van der Waals surface area contributed by atoms with Crippen LogP contribution in [0.15, 0.2) is 51.0 Å². The van der Waals surface area contributed by atoms with Crippen LogP contribution in [0.1, 0.15) is 32.1 Å². The molecule has 1 aliphatic rings. The van der Waals surface area contributed by atoms with E-state index in [0.29, 0.717) is 6.54 Å². The highest BCUT2D eigenvalue weighted by atomic mass is 35.5. The Hall–Kier alpha value is -2.86. The van der Waals surface area contributed by atoms with E-state index in [1.807, 2.05) is 0 Å². The minimum absolute atomic E-state index is 0.000283. The molecule has 0 amide bonds. The minimum atomic E-state index is -4.00. The first-order valence-corrected chi connectivity index (χ1v) is 13.1. The highest BCUT2D eigenvalue weighted by Crippen LogP contribution is 2.39. The molecule has 1 saturated carbocycles. The van der Waals surface area contributed by atoms with Gasteiger partial charge in [-0.3, -0.25) is 9.78 Å². The fourth-order valence-electron chi connectivity index (χ4n) is 3.89. The van der Waals surface area contributed by atoms with Crippen LogP contribution in [0.5, 0.6) is 17.2 Å². The predicted molar refractivity (Wildman–Crippen MR) is 130 cm³/mol. The molecule has 186 valence electrons. The van der Waals surface area contributed by atoms with Crippen molar-refractivity contribution in [1.82, 2.24) is 19.5 Å². The van der Waals surface area contributed by atoms with Crippen molar-refractivity contribution >= 4 is 33.2 Å². The predicted octanol–water partition coefficient (Wildman–Crippen LogP) is 3.58. The number of benzene rings is 2. The lowest BCUT2D eigenvalue weighted by molar-refractivity contribution is 0.357. The number of aromatic amines is 1. The summed E-state index contributed by atoms with van der Waals surface area (Å²) >= 11 is 12.6. The van der Waals surface area contributed by atoms with Gasteiger partial charge in [0.05, 0.1) is 15.7 Å². The van der Waals surface area contributed by atoms with Crippen LogP contribution < -0.4 is 20.7 Å². The monoisotopic (exact) mass is 540 g/mol. The Morgan fingerprint density at radius 1 is 1.11 bits per heavy atom. The van der Waals surface area contributed by atoms with E-state index in [9.17, 15) is 23.1 Å². The average molecular weight is 541 g/mol. The summed E-state index contributed by atoms with van der Waals surface area (Å²) < 4.78 is 34.9. The molecular formula is C22H22Cl2N4O6S. The van der Waals surface area contributed by atoms with Gasteiger partial charge in [-0.05, 0) is 43.0 Å². The number of halogens is 2. The fourth-order valence-corrected chi connectivity index (χ4v) is 5.67. The van der Waals surface area contributed by atoms with Crippen LogP contribution in [-0.4, -0.2) is 34.8 Å². The zero-order valence-electron chi connectivity index (χ0n) is 18.3. The Balaban J connectivity index is 1.58.